The maximum atomic E-state index is 14.3. The number of aromatic nitrogens is 4. The number of alkyl carbamates (subject to hydrolysis) is 1. The van der Waals surface area contributed by atoms with Crippen molar-refractivity contribution in [2.24, 2.45) is 0 Å². The molecular weight excluding hydrogens is 1500 g/mol. The second-order valence-corrected chi connectivity index (χ2v) is 27.0. The standard InChI is InChI=1S/C72H84N12O29/c1-33-58(91)42(25-52(109-33)110-48-27-72(102,50(88)32-86)26-40-54(48)63(96)56-55(60(40)93)59(92)39-5-3-7-46(105-2)53(39)62(56)95)78-71(101)113-47(35-10-14-45(43(23-35)84(103)104)111-69-65(98)64(97)61(94)49(31-85)112-69)24-37-30-83(82-81-37)16-18-107-20-22-108-21-19-106-17-4-6-44(87)41(13-15-51(89)90)77-67(99)34-8-11-36(12-9-34)74-28-38-29-75-66-57(76-38)68(100)80-70(73)79-66/h3,5,7-12,14,23,29-30,33,41-42,47-49,52,58,61,64-65,69,74,81-82,85-86,91,93-94,96-98,102H,4,6,13,15-22,24-28,31-32H2,1-2H3,(H,77,99)(H,78,101)(H,89,90)(H3,73,75,79,80,100)/t33?,41-,42?,47+,48-,49?,52?,58?,61-,64-,65?,69+,72-/m0/s1. The summed E-state index contributed by atoms with van der Waals surface area (Å²) in [5.41, 5.74) is 6.82. The fourth-order valence-corrected chi connectivity index (χ4v) is 13.5. The lowest BCUT2D eigenvalue weighted by molar-refractivity contribution is -0.387. The topological polar surface area (TPSA) is 609 Å². The van der Waals surface area contributed by atoms with Gasteiger partial charge in [0.2, 0.25) is 18.0 Å². The number of nitrogens with two attached hydrogens (primary N) is 1. The predicted octanol–water partition coefficient (Wildman–Crippen LogP) is -0.563. The second kappa shape index (κ2) is 36.6. The van der Waals surface area contributed by atoms with Gasteiger partial charge < -0.3 is 121 Å². The first-order valence-corrected chi connectivity index (χ1v) is 35.7. The van der Waals surface area contributed by atoms with Gasteiger partial charge in [0.15, 0.2) is 40.6 Å². The molecule has 18 N–H and O–H groups in total. The lowest BCUT2D eigenvalue weighted by atomic mass is 9.72. The first kappa shape index (κ1) is 82.9. The number of aromatic hydroxyl groups is 2. The van der Waals surface area contributed by atoms with Gasteiger partial charge in [0.1, 0.15) is 66.1 Å². The largest absolute Gasteiger partial charge is 0.507 e. The summed E-state index contributed by atoms with van der Waals surface area (Å²) in [4.78, 5) is 133. The van der Waals surface area contributed by atoms with E-state index in [4.69, 9.17) is 48.4 Å². The van der Waals surface area contributed by atoms with E-state index < -0.39 is 191 Å². The molecule has 13 atom stereocenters. The number of carbonyl (C=O) groups is 7. The number of ketones is 4. The maximum Gasteiger partial charge on any atom is 0.408 e. The minimum Gasteiger partial charge on any atom is -0.507 e. The Kier molecular flexibility index (Phi) is 26.9. The third-order valence-electron chi connectivity index (χ3n) is 19.4. The Labute approximate surface area is 640 Å². The summed E-state index contributed by atoms with van der Waals surface area (Å²) in [6.07, 6.45) is -17.1. The molecule has 41 heteroatoms. The van der Waals surface area contributed by atoms with Gasteiger partial charge in [-0.3, -0.25) is 53.7 Å². The van der Waals surface area contributed by atoms with Gasteiger partial charge in [-0.05, 0) is 61.7 Å². The van der Waals surface area contributed by atoms with Gasteiger partial charge in [0.25, 0.3) is 11.5 Å². The number of carboxylic acids is 1. The normalized spacial score (nSPS) is 23.0. The second-order valence-electron chi connectivity index (χ2n) is 27.0. The van der Waals surface area contributed by atoms with Crippen molar-refractivity contribution in [1.82, 2.24) is 46.5 Å². The van der Waals surface area contributed by atoms with Gasteiger partial charge in [0, 0.05) is 91.0 Å². The Morgan fingerprint density at radius 3 is 2.29 bits per heavy atom. The van der Waals surface area contributed by atoms with E-state index in [0.717, 1.165) is 12.1 Å². The summed E-state index contributed by atoms with van der Waals surface area (Å²) in [6, 6.07) is 11.3. The number of aliphatic hydroxyl groups excluding tert-OH is 6. The average molecular weight is 1580 g/mol. The number of hydrogen-bond donors (Lipinski definition) is 17. The van der Waals surface area contributed by atoms with Crippen molar-refractivity contribution in [3.63, 3.8) is 0 Å². The Bertz CT molecular complexity index is 4650. The van der Waals surface area contributed by atoms with Gasteiger partial charge in [0.05, 0.1) is 118 Å². The number of ether oxygens (including phenoxy) is 9. The van der Waals surface area contributed by atoms with Gasteiger partial charge in [-0.2, -0.15) is 4.98 Å². The minimum atomic E-state index is -2.52. The lowest BCUT2D eigenvalue weighted by Crippen LogP contribution is -2.60. The van der Waals surface area contributed by atoms with E-state index in [1.165, 1.54) is 56.6 Å². The molecule has 11 rings (SSSR count). The summed E-state index contributed by atoms with van der Waals surface area (Å²) in [7, 11) is 1.25. The van der Waals surface area contributed by atoms with Crippen molar-refractivity contribution in [3.05, 3.63) is 149 Å². The number of amides is 2. The molecule has 0 saturated carbocycles. The Hall–Kier alpha value is -11.0. The molecule has 2 aliphatic carbocycles. The third kappa shape index (κ3) is 19.2. The molecule has 2 aromatic heterocycles. The van der Waals surface area contributed by atoms with Crippen molar-refractivity contribution in [1.29, 1.82) is 0 Å². The fraction of sp³-hybridized carbons (Fsp3) is 0.458. The van der Waals surface area contributed by atoms with E-state index >= 15 is 0 Å². The number of anilines is 2. The van der Waals surface area contributed by atoms with E-state index in [0.29, 0.717) is 17.1 Å². The quantitative estimate of drug-likeness (QED) is 0.0101. The Balaban J connectivity index is 0.676. The average Bonchev–Trinajstić information content (AvgIpc) is 0.824. The van der Waals surface area contributed by atoms with E-state index in [2.05, 4.69) is 46.8 Å². The van der Waals surface area contributed by atoms with Crippen LogP contribution in [0.2, 0.25) is 0 Å². The minimum absolute atomic E-state index is 0.0117. The molecule has 113 heavy (non-hydrogen) atoms. The van der Waals surface area contributed by atoms with Crippen molar-refractivity contribution >= 4 is 69.6 Å². The molecule has 5 heterocycles. The molecule has 0 spiro atoms. The Morgan fingerprint density at radius 2 is 1.58 bits per heavy atom. The number of nitro groups is 1. The zero-order valence-corrected chi connectivity index (χ0v) is 60.6. The van der Waals surface area contributed by atoms with Crippen LogP contribution in [0.1, 0.15) is 129 Å². The number of carbonyl (C=O) groups excluding carboxylic acids is 6. The first-order valence-electron chi connectivity index (χ1n) is 35.7. The summed E-state index contributed by atoms with van der Waals surface area (Å²) >= 11 is 0. The highest BCUT2D eigenvalue weighted by molar-refractivity contribution is 6.31. The molecular formula is C72H84N12O29. The molecule has 2 amide bonds. The van der Waals surface area contributed by atoms with Crippen LogP contribution in [-0.2, 0) is 60.5 Å². The number of hydrogen-bond acceptors (Lipinski definition) is 36. The monoisotopic (exact) mass is 1580 g/mol. The van der Waals surface area contributed by atoms with E-state index in [9.17, 15) is 99.5 Å². The molecule has 0 radical (unpaired) electrons. The molecule has 41 nitrogen and oxygen atoms in total. The number of phenolic OH excluding ortho intramolecular Hbond substituents is 2. The van der Waals surface area contributed by atoms with Crippen molar-refractivity contribution in [2.45, 2.75) is 144 Å². The zero-order valence-electron chi connectivity index (χ0n) is 60.6. The van der Waals surface area contributed by atoms with Crippen LogP contribution in [0.4, 0.5) is 22.1 Å². The van der Waals surface area contributed by atoms with Gasteiger partial charge >= 0.3 is 17.7 Å². The van der Waals surface area contributed by atoms with E-state index in [1.807, 2.05) is 0 Å². The van der Waals surface area contributed by atoms with Crippen LogP contribution in [0, 0.1) is 10.1 Å². The van der Waals surface area contributed by atoms with Crippen LogP contribution >= 0.6 is 0 Å². The number of carboxylic acid groups (broad SMARTS) is 1. The number of H-pyrrole nitrogens is 1. The number of benzene rings is 4. The van der Waals surface area contributed by atoms with Crippen LogP contribution < -0.4 is 47.7 Å². The van der Waals surface area contributed by atoms with Gasteiger partial charge in [-0.1, -0.05) is 18.2 Å². The molecule has 6 unspecified atom stereocenters. The summed E-state index contributed by atoms with van der Waals surface area (Å²) in [5.74, 6) is -7.49. The molecule has 2 saturated heterocycles. The molecule has 5 aliphatic rings. The first-order chi connectivity index (χ1) is 54.1. The molecule has 606 valence electrons. The van der Waals surface area contributed by atoms with Crippen LogP contribution in [0.5, 0.6) is 23.0 Å². The van der Waals surface area contributed by atoms with Crippen LogP contribution in [0.3, 0.4) is 0 Å². The number of phenols is 2. The van der Waals surface area contributed by atoms with E-state index in [-0.39, 0.29) is 147 Å². The van der Waals surface area contributed by atoms with Crippen LogP contribution in [0.25, 0.3) is 11.2 Å². The Morgan fingerprint density at radius 1 is 0.858 bits per heavy atom. The number of hydrazine groups is 2. The number of nitrogens with one attached hydrogen (secondary N) is 6. The molecule has 2 fully saturated rings. The van der Waals surface area contributed by atoms with E-state index in [1.54, 1.807) is 23.3 Å². The number of aliphatic hydroxyl groups is 7. The number of aromatic amines is 1. The number of rotatable bonds is 36. The predicted molar refractivity (Wildman–Crippen MR) is 384 cm³/mol. The van der Waals surface area contributed by atoms with Gasteiger partial charge in [-0.15, -0.1) is 5.53 Å². The molecule has 3 aliphatic heterocycles. The highest BCUT2D eigenvalue weighted by atomic mass is 16.7. The van der Waals surface area contributed by atoms with Crippen molar-refractivity contribution < 1.29 is 132 Å². The fourth-order valence-electron chi connectivity index (χ4n) is 13.5. The number of Topliss-reactive ketones (excluding diaryl/α,β-unsaturated/α-hetero) is 2. The smallest absolute Gasteiger partial charge is 0.408 e. The zero-order chi connectivity index (χ0) is 81.1. The molecule has 0 bridgehead atoms. The number of aliphatic carboxylic acids is 1. The summed E-state index contributed by atoms with van der Waals surface area (Å²) in [6.45, 7) is 0.603. The number of nitro benzene ring substituents is 1. The highest BCUT2D eigenvalue weighted by Gasteiger charge is 2.51. The van der Waals surface area contributed by atoms with Crippen molar-refractivity contribution in [3.8, 4) is 23.0 Å². The number of fused-ring (bicyclic) bond motifs is 4. The van der Waals surface area contributed by atoms with Gasteiger partial charge in [-0.25, -0.2) is 14.8 Å². The lowest BCUT2D eigenvalue weighted by Gasteiger charge is -2.42. The number of nitrogen functional groups attached to an aromatic ring is 1. The van der Waals surface area contributed by atoms with Crippen LogP contribution in [0.15, 0.2) is 83.6 Å². The SMILES string of the molecule is COc1cccc2c1C(=O)c1c(O)c3c(c(O)c1C2=O)C[C@@](O)(C(=O)CO)C[C@@H]3OC1CC(NC(=O)O[C@H](CC2=CN(CCOCCOCCOCCCC(=O)[C@H](CCC(=O)O)NC(=O)c3ccc(NCc4cnc5nc(N)[nH]c(=O)c5n4)cc3)NN2)c2ccc(O[C@@H]3OC(CO)[C@H](O)[C@H](O)C3O)c([N+](=O)[O-])c2)C(O)C(C)O1. The highest BCUT2D eigenvalue weighted by Crippen LogP contribution is 2.53. The van der Waals surface area contributed by atoms with Crippen LogP contribution in [-0.4, -0.2) is 255 Å². The number of methoxy groups -OCH3 is 1. The molecule has 6 aromatic rings. The third-order valence-corrected chi connectivity index (χ3v) is 19.4. The molecule has 4 aromatic carbocycles. The summed E-state index contributed by atoms with van der Waals surface area (Å²) < 4.78 is 51.8. The van der Waals surface area contributed by atoms with Crippen molar-refractivity contribution in [2.75, 3.05) is 77.6 Å². The summed E-state index contributed by atoms with van der Waals surface area (Å²) in [5, 5.41) is 131. The maximum absolute atomic E-state index is 14.3. The number of nitrogens with zero attached hydrogens (tertiary/aromatic N) is 5.